The normalized spacial score (nSPS) is 11.6. The molecule has 3 nitrogen and oxygen atoms in total. The smallest absolute Gasteiger partial charge is 0.155 e. The summed E-state index contributed by atoms with van der Waals surface area (Å²) in [5.41, 5.74) is 6.65. The van der Waals surface area contributed by atoms with Gasteiger partial charge < -0.3 is 0 Å². The maximum absolute atomic E-state index is 4.65. The van der Waals surface area contributed by atoms with Crippen LogP contribution in [0, 0.1) is 20.8 Å². The Labute approximate surface area is 125 Å². The SMILES string of the molecule is Cc1cc2nc(C)c(CC=Cc3ccccc3)c(C)n2n1. The molecule has 3 rings (SSSR count). The number of aromatic nitrogens is 3. The van der Waals surface area contributed by atoms with Crippen molar-refractivity contribution in [3.8, 4) is 0 Å². The van der Waals surface area contributed by atoms with Crippen LogP contribution >= 0.6 is 0 Å². The van der Waals surface area contributed by atoms with Crippen molar-refractivity contribution in [3.05, 3.63) is 70.7 Å². The summed E-state index contributed by atoms with van der Waals surface area (Å²) < 4.78 is 1.94. The van der Waals surface area contributed by atoms with E-state index in [1.54, 1.807) is 0 Å². The first-order chi connectivity index (χ1) is 10.1. The fraction of sp³-hybridized carbons (Fsp3) is 0.222. The van der Waals surface area contributed by atoms with E-state index in [2.05, 4.69) is 60.3 Å². The number of benzene rings is 1. The molecule has 0 aliphatic rings. The summed E-state index contributed by atoms with van der Waals surface area (Å²) in [6.07, 6.45) is 5.21. The molecule has 0 unspecified atom stereocenters. The van der Waals surface area contributed by atoms with Crippen molar-refractivity contribution >= 4 is 11.7 Å². The molecule has 0 amide bonds. The Hall–Kier alpha value is -2.42. The molecule has 2 heterocycles. The highest BCUT2D eigenvalue weighted by molar-refractivity contribution is 5.50. The number of rotatable bonds is 3. The molecule has 0 bridgehead atoms. The maximum atomic E-state index is 4.65. The van der Waals surface area contributed by atoms with E-state index in [0.717, 1.165) is 23.5 Å². The van der Waals surface area contributed by atoms with Crippen molar-refractivity contribution in [2.75, 3.05) is 0 Å². The third kappa shape index (κ3) is 2.72. The Morgan fingerprint density at radius 1 is 1.10 bits per heavy atom. The Morgan fingerprint density at radius 3 is 2.62 bits per heavy atom. The molecule has 0 aliphatic carbocycles. The minimum atomic E-state index is 0.869. The van der Waals surface area contributed by atoms with Crippen LogP contribution in [0.1, 0.15) is 28.2 Å². The van der Waals surface area contributed by atoms with Crippen LogP contribution in [0.15, 0.2) is 42.5 Å². The van der Waals surface area contributed by atoms with Crippen molar-refractivity contribution < 1.29 is 0 Å². The van der Waals surface area contributed by atoms with Gasteiger partial charge in [0.15, 0.2) is 5.65 Å². The zero-order valence-electron chi connectivity index (χ0n) is 12.7. The predicted octanol–water partition coefficient (Wildman–Crippen LogP) is 3.91. The molecule has 0 fully saturated rings. The highest BCUT2D eigenvalue weighted by Crippen LogP contribution is 2.16. The number of fused-ring (bicyclic) bond motifs is 1. The van der Waals surface area contributed by atoms with Crippen molar-refractivity contribution in [2.24, 2.45) is 0 Å². The number of nitrogens with zero attached hydrogens (tertiary/aromatic N) is 3. The number of hydrogen-bond donors (Lipinski definition) is 0. The van der Waals surface area contributed by atoms with Crippen molar-refractivity contribution in [3.63, 3.8) is 0 Å². The standard InChI is InChI=1S/C18H19N3/c1-13-12-18-19-14(2)17(15(3)21(18)20-13)11-7-10-16-8-5-4-6-9-16/h4-10,12H,11H2,1-3H3. The number of allylic oxidation sites excluding steroid dienone is 1. The molecule has 0 aliphatic heterocycles. The molecule has 2 aromatic heterocycles. The lowest BCUT2D eigenvalue weighted by molar-refractivity contribution is 0.847. The first-order valence-electron chi connectivity index (χ1n) is 7.19. The summed E-state index contributed by atoms with van der Waals surface area (Å²) >= 11 is 0. The topological polar surface area (TPSA) is 30.2 Å². The van der Waals surface area contributed by atoms with E-state index < -0.39 is 0 Å². The second-order valence-electron chi connectivity index (χ2n) is 5.33. The minimum absolute atomic E-state index is 0.869. The number of aryl methyl sites for hydroxylation is 3. The van der Waals surface area contributed by atoms with Gasteiger partial charge in [-0.15, -0.1) is 0 Å². The van der Waals surface area contributed by atoms with Gasteiger partial charge in [-0.2, -0.15) is 5.10 Å². The molecule has 0 radical (unpaired) electrons. The van der Waals surface area contributed by atoms with Crippen LogP contribution in [-0.4, -0.2) is 14.6 Å². The van der Waals surface area contributed by atoms with E-state index in [0.29, 0.717) is 0 Å². The van der Waals surface area contributed by atoms with Gasteiger partial charge in [-0.25, -0.2) is 9.50 Å². The van der Waals surface area contributed by atoms with Gasteiger partial charge in [0.25, 0.3) is 0 Å². The minimum Gasteiger partial charge on any atom is -0.234 e. The average Bonchev–Trinajstić information content (AvgIpc) is 2.84. The third-order valence-corrected chi connectivity index (χ3v) is 3.72. The second-order valence-corrected chi connectivity index (χ2v) is 5.33. The first-order valence-corrected chi connectivity index (χ1v) is 7.19. The fourth-order valence-electron chi connectivity index (χ4n) is 2.61. The van der Waals surface area contributed by atoms with Gasteiger partial charge >= 0.3 is 0 Å². The lowest BCUT2D eigenvalue weighted by Gasteiger charge is -2.09. The summed E-state index contributed by atoms with van der Waals surface area (Å²) in [5.74, 6) is 0. The molecule has 3 aromatic rings. The quantitative estimate of drug-likeness (QED) is 0.726. The van der Waals surface area contributed by atoms with Crippen molar-refractivity contribution in [1.29, 1.82) is 0 Å². The molecule has 1 aromatic carbocycles. The summed E-state index contributed by atoms with van der Waals surface area (Å²) in [5, 5.41) is 4.51. The second kappa shape index (κ2) is 5.52. The maximum Gasteiger partial charge on any atom is 0.155 e. The Kier molecular flexibility index (Phi) is 3.57. The first kappa shape index (κ1) is 13.6. The molecule has 106 valence electrons. The fourth-order valence-corrected chi connectivity index (χ4v) is 2.61. The summed E-state index contributed by atoms with van der Waals surface area (Å²) in [4.78, 5) is 4.65. The van der Waals surface area contributed by atoms with Crippen molar-refractivity contribution in [2.45, 2.75) is 27.2 Å². The van der Waals surface area contributed by atoms with Gasteiger partial charge in [-0.05, 0) is 38.3 Å². The Bertz CT molecular complexity index is 798. The lowest BCUT2D eigenvalue weighted by atomic mass is 10.1. The monoisotopic (exact) mass is 277 g/mol. The highest BCUT2D eigenvalue weighted by atomic mass is 15.3. The lowest BCUT2D eigenvalue weighted by Crippen LogP contribution is -2.04. The molecule has 0 N–H and O–H groups in total. The van der Waals surface area contributed by atoms with Crippen LogP contribution in [0.5, 0.6) is 0 Å². The highest BCUT2D eigenvalue weighted by Gasteiger charge is 2.09. The van der Waals surface area contributed by atoms with E-state index in [1.807, 2.05) is 23.6 Å². The van der Waals surface area contributed by atoms with Gasteiger partial charge in [-0.3, -0.25) is 0 Å². The van der Waals surface area contributed by atoms with Crippen LogP contribution < -0.4 is 0 Å². The van der Waals surface area contributed by atoms with Gasteiger partial charge in [-0.1, -0.05) is 42.5 Å². The summed E-state index contributed by atoms with van der Waals surface area (Å²) in [6, 6.07) is 12.4. The van der Waals surface area contributed by atoms with E-state index >= 15 is 0 Å². The van der Waals surface area contributed by atoms with Gasteiger partial charge in [0.2, 0.25) is 0 Å². The Balaban J connectivity index is 1.92. The number of hydrogen-bond acceptors (Lipinski definition) is 2. The van der Waals surface area contributed by atoms with Crippen LogP contribution in [-0.2, 0) is 6.42 Å². The molecular formula is C18H19N3. The van der Waals surface area contributed by atoms with E-state index in [4.69, 9.17) is 0 Å². The van der Waals surface area contributed by atoms with E-state index in [1.165, 1.54) is 16.8 Å². The molecule has 0 spiro atoms. The summed E-state index contributed by atoms with van der Waals surface area (Å²) in [7, 11) is 0. The predicted molar refractivity (Wildman–Crippen MR) is 86.4 cm³/mol. The molecule has 0 saturated carbocycles. The van der Waals surface area contributed by atoms with Gasteiger partial charge in [0.05, 0.1) is 5.69 Å². The summed E-state index contributed by atoms with van der Waals surface area (Å²) in [6.45, 7) is 6.18. The Morgan fingerprint density at radius 2 is 1.86 bits per heavy atom. The largest absolute Gasteiger partial charge is 0.234 e. The van der Waals surface area contributed by atoms with Gasteiger partial charge in [0.1, 0.15) is 0 Å². The van der Waals surface area contributed by atoms with Crippen LogP contribution in [0.3, 0.4) is 0 Å². The van der Waals surface area contributed by atoms with Crippen molar-refractivity contribution in [1.82, 2.24) is 14.6 Å². The molecule has 3 heteroatoms. The van der Waals surface area contributed by atoms with Crippen LogP contribution in [0.2, 0.25) is 0 Å². The molecule has 0 saturated heterocycles. The van der Waals surface area contributed by atoms with Crippen LogP contribution in [0.4, 0.5) is 0 Å². The van der Waals surface area contributed by atoms with Crippen LogP contribution in [0.25, 0.3) is 11.7 Å². The molecule has 21 heavy (non-hydrogen) atoms. The molecule has 0 atom stereocenters. The average molecular weight is 277 g/mol. The zero-order valence-corrected chi connectivity index (χ0v) is 12.7. The van der Waals surface area contributed by atoms with Gasteiger partial charge in [0, 0.05) is 17.5 Å². The van der Waals surface area contributed by atoms with E-state index in [-0.39, 0.29) is 0 Å². The zero-order chi connectivity index (χ0) is 14.8. The third-order valence-electron chi connectivity index (χ3n) is 3.72. The molecular weight excluding hydrogens is 258 g/mol. The van der Waals surface area contributed by atoms with E-state index in [9.17, 15) is 0 Å².